The van der Waals surface area contributed by atoms with Gasteiger partial charge in [0.15, 0.2) is 0 Å². The zero-order valence-corrected chi connectivity index (χ0v) is 12.6. The van der Waals surface area contributed by atoms with E-state index in [2.05, 4.69) is 5.32 Å². The van der Waals surface area contributed by atoms with Crippen LogP contribution in [0.25, 0.3) is 0 Å². The average molecular weight is 289 g/mol. The van der Waals surface area contributed by atoms with Crippen molar-refractivity contribution in [2.45, 2.75) is 31.2 Å². The van der Waals surface area contributed by atoms with E-state index in [-0.39, 0.29) is 11.4 Å². The number of aliphatic carboxylic acids is 1. The van der Waals surface area contributed by atoms with Gasteiger partial charge < -0.3 is 15.3 Å². The van der Waals surface area contributed by atoms with E-state index in [0.29, 0.717) is 12.3 Å². The number of likely N-dealkylation sites (N-methyl/N-ethyl adjacent to an activating group) is 1. The van der Waals surface area contributed by atoms with Gasteiger partial charge >= 0.3 is 12.0 Å². The molecular formula is C12H23N3O3S. The molecule has 19 heavy (non-hydrogen) atoms. The van der Waals surface area contributed by atoms with Gasteiger partial charge in [-0.2, -0.15) is 0 Å². The van der Waals surface area contributed by atoms with Crippen LogP contribution in [0.3, 0.4) is 0 Å². The number of hydrogen-bond donors (Lipinski definition) is 2. The quantitative estimate of drug-likeness (QED) is 0.759. The van der Waals surface area contributed by atoms with Crippen molar-refractivity contribution in [3.05, 3.63) is 0 Å². The minimum Gasteiger partial charge on any atom is -0.480 e. The van der Waals surface area contributed by atoms with Crippen molar-refractivity contribution < 1.29 is 14.7 Å². The third-order valence-corrected chi connectivity index (χ3v) is 4.34. The first kappa shape index (κ1) is 16.1. The molecule has 0 aliphatic carbocycles. The van der Waals surface area contributed by atoms with Gasteiger partial charge in [0, 0.05) is 18.8 Å². The summed E-state index contributed by atoms with van der Waals surface area (Å²) >= 11 is 1.55. The lowest BCUT2D eigenvalue weighted by Gasteiger charge is -2.27. The average Bonchev–Trinajstić information content (AvgIpc) is 2.72. The Morgan fingerprint density at radius 1 is 1.47 bits per heavy atom. The van der Waals surface area contributed by atoms with Gasteiger partial charge in [-0.1, -0.05) is 13.3 Å². The lowest BCUT2D eigenvalue weighted by molar-refractivity contribution is -0.141. The van der Waals surface area contributed by atoms with Crippen LogP contribution in [0.2, 0.25) is 0 Å². The van der Waals surface area contributed by atoms with E-state index >= 15 is 0 Å². The van der Waals surface area contributed by atoms with Gasteiger partial charge in [0.05, 0.1) is 5.37 Å². The Bertz CT molecular complexity index is 325. The topological polar surface area (TPSA) is 72.9 Å². The van der Waals surface area contributed by atoms with Gasteiger partial charge in [0.1, 0.15) is 6.04 Å². The highest BCUT2D eigenvalue weighted by Gasteiger charge is 2.40. The van der Waals surface area contributed by atoms with Crippen molar-refractivity contribution in [3.8, 4) is 0 Å². The van der Waals surface area contributed by atoms with Crippen LogP contribution in [0, 0.1) is 0 Å². The standard InChI is InChI=1S/C12H23N3O3S/c1-4-5-10-15(9(8-19-10)11(16)17)12(18)13-6-7-14(2)3/h9-10H,4-8H2,1-3H3,(H,13,18)(H,16,17). The molecule has 0 aromatic carbocycles. The second-order valence-electron chi connectivity index (χ2n) is 4.87. The number of nitrogens with one attached hydrogen (secondary N) is 1. The summed E-state index contributed by atoms with van der Waals surface area (Å²) in [7, 11) is 3.86. The highest BCUT2D eigenvalue weighted by atomic mass is 32.2. The summed E-state index contributed by atoms with van der Waals surface area (Å²) in [6.45, 7) is 3.30. The predicted octanol–water partition coefficient (Wildman–Crippen LogP) is 0.886. The number of carboxylic acids is 1. The summed E-state index contributed by atoms with van der Waals surface area (Å²) in [5.41, 5.74) is 0. The van der Waals surface area contributed by atoms with Gasteiger partial charge in [0.25, 0.3) is 0 Å². The van der Waals surface area contributed by atoms with E-state index in [4.69, 9.17) is 0 Å². The van der Waals surface area contributed by atoms with Crippen LogP contribution in [-0.2, 0) is 4.79 Å². The molecule has 1 heterocycles. The van der Waals surface area contributed by atoms with Gasteiger partial charge in [-0.3, -0.25) is 4.90 Å². The summed E-state index contributed by atoms with van der Waals surface area (Å²) in [6.07, 6.45) is 1.76. The van der Waals surface area contributed by atoms with Crippen molar-refractivity contribution >= 4 is 23.8 Å². The SMILES string of the molecule is CCCC1SCC(C(=O)O)N1C(=O)NCCN(C)C. The number of hydrogen-bond acceptors (Lipinski definition) is 4. The van der Waals surface area contributed by atoms with E-state index < -0.39 is 12.0 Å². The number of carbonyl (C=O) groups excluding carboxylic acids is 1. The number of carboxylic acid groups (broad SMARTS) is 1. The highest BCUT2D eigenvalue weighted by Crippen LogP contribution is 2.32. The van der Waals surface area contributed by atoms with E-state index in [0.717, 1.165) is 19.4 Å². The first-order valence-corrected chi connectivity index (χ1v) is 7.57. The minimum absolute atomic E-state index is 0.0227. The maximum absolute atomic E-state index is 12.1. The van der Waals surface area contributed by atoms with Crippen LogP contribution in [0.5, 0.6) is 0 Å². The third kappa shape index (κ3) is 4.58. The molecule has 0 aromatic rings. The maximum atomic E-state index is 12.1. The zero-order chi connectivity index (χ0) is 14.4. The summed E-state index contributed by atoms with van der Waals surface area (Å²) in [6, 6.07) is -0.974. The number of rotatable bonds is 6. The Labute approximate surface area is 118 Å². The molecule has 2 unspecified atom stereocenters. The predicted molar refractivity (Wildman–Crippen MR) is 76.4 cm³/mol. The molecule has 0 radical (unpaired) electrons. The third-order valence-electron chi connectivity index (χ3n) is 2.98. The summed E-state index contributed by atoms with van der Waals surface area (Å²) in [5, 5.41) is 12.0. The molecule has 1 fully saturated rings. The summed E-state index contributed by atoms with van der Waals surface area (Å²) < 4.78 is 0. The molecule has 1 aliphatic heterocycles. The van der Waals surface area contributed by atoms with Crippen LogP contribution in [-0.4, -0.2) is 71.3 Å². The zero-order valence-electron chi connectivity index (χ0n) is 11.8. The van der Waals surface area contributed by atoms with Crippen LogP contribution >= 0.6 is 11.8 Å². The normalized spacial score (nSPS) is 22.8. The van der Waals surface area contributed by atoms with Crippen molar-refractivity contribution in [1.29, 1.82) is 0 Å². The first-order valence-electron chi connectivity index (χ1n) is 6.52. The monoisotopic (exact) mass is 289 g/mol. The lowest BCUT2D eigenvalue weighted by Crippen LogP contribution is -2.51. The molecule has 1 rings (SSSR count). The van der Waals surface area contributed by atoms with Crippen molar-refractivity contribution in [1.82, 2.24) is 15.1 Å². The fourth-order valence-corrected chi connectivity index (χ4v) is 3.49. The molecular weight excluding hydrogens is 266 g/mol. The van der Waals surface area contributed by atoms with Crippen molar-refractivity contribution in [3.63, 3.8) is 0 Å². The molecule has 7 heteroatoms. The Morgan fingerprint density at radius 3 is 2.68 bits per heavy atom. The molecule has 6 nitrogen and oxygen atoms in total. The molecule has 2 N–H and O–H groups in total. The molecule has 0 spiro atoms. The Kier molecular flexibility index (Phi) is 6.44. The lowest BCUT2D eigenvalue weighted by atomic mass is 10.2. The second kappa shape index (κ2) is 7.59. The molecule has 0 saturated carbocycles. The van der Waals surface area contributed by atoms with E-state index in [1.165, 1.54) is 4.90 Å². The van der Waals surface area contributed by atoms with Gasteiger partial charge in [-0.15, -0.1) is 11.8 Å². The van der Waals surface area contributed by atoms with Gasteiger partial charge in [0.2, 0.25) is 0 Å². The first-order chi connectivity index (χ1) is 8.97. The number of amides is 2. The molecule has 0 aromatic heterocycles. The van der Waals surface area contributed by atoms with Gasteiger partial charge in [-0.25, -0.2) is 9.59 Å². The fourth-order valence-electron chi connectivity index (χ4n) is 1.97. The van der Waals surface area contributed by atoms with Crippen molar-refractivity contribution in [2.24, 2.45) is 0 Å². The van der Waals surface area contributed by atoms with Gasteiger partial charge in [-0.05, 0) is 20.5 Å². The van der Waals surface area contributed by atoms with Crippen LogP contribution < -0.4 is 5.32 Å². The molecule has 110 valence electrons. The number of nitrogens with zero attached hydrogens (tertiary/aromatic N) is 2. The molecule has 1 aliphatic rings. The highest BCUT2D eigenvalue weighted by molar-refractivity contribution is 8.00. The molecule has 0 bridgehead atoms. The number of urea groups is 1. The van der Waals surface area contributed by atoms with E-state index in [1.807, 2.05) is 25.9 Å². The van der Waals surface area contributed by atoms with Crippen molar-refractivity contribution in [2.75, 3.05) is 32.9 Å². The van der Waals surface area contributed by atoms with Crippen LogP contribution in [0.4, 0.5) is 4.79 Å². The van der Waals surface area contributed by atoms with E-state index in [9.17, 15) is 14.7 Å². The maximum Gasteiger partial charge on any atom is 0.327 e. The smallest absolute Gasteiger partial charge is 0.327 e. The number of thioether (sulfide) groups is 1. The second-order valence-corrected chi connectivity index (χ2v) is 6.08. The number of carbonyl (C=O) groups is 2. The molecule has 2 atom stereocenters. The van der Waals surface area contributed by atoms with E-state index in [1.54, 1.807) is 11.8 Å². The largest absolute Gasteiger partial charge is 0.480 e. The minimum atomic E-state index is -0.922. The molecule has 1 saturated heterocycles. The Morgan fingerprint density at radius 2 is 2.16 bits per heavy atom. The fraction of sp³-hybridized carbons (Fsp3) is 0.833. The Balaban J connectivity index is 2.61. The van der Waals surface area contributed by atoms with Crippen LogP contribution in [0.15, 0.2) is 0 Å². The molecule has 2 amide bonds. The summed E-state index contributed by atoms with van der Waals surface area (Å²) in [5.74, 6) is -0.449. The summed E-state index contributed by atoms with van der Waals surface area (Å²) in [4.78, 5) is 26.8. The Hall–Kier alpha value is -0.950. The van der Waals surface area contributed by atoms with Crippen LogP contribution in [0.1, 0.15) is 19.8 Å².